The van der Waals surface area contributed by atoms with E-state index in [4.69, 9.17) is 9.47 Å². The summed E-state index contributed by atoms with van der Waals surface area (Å²) in [4.78, 5) is 16.8. The minimum atomic E-state index is -3.81. The van der Waals surface area contributed by atoms with Crippen LogP contribution < -0.4 is 4.74 Å². The van der Waals surface area contributed by atoms with Crippen molar-refractivity contribution in [3.05, 3.63) is 59.4 Å². The van der Waals surface area contributed by atoms with Crippen LogP contribution in [0.2, 0.25) is 0 Å². The smallest absolute Gasteiger partial charge is 0.256 e. The summed E-state index contributed by atoms with van der Waals surface area (Å²) in [6, 6.07) is 11.4. The molecule has 0 saturated carbocycles. The van der Waals surface area contributed by atoms with Gasteiger partial charge in [-0.25, -0.2) is 12.8 Å². The number of methoxy groups -OCH3 is 1. The van der Waals surface area contributed by atoms with E-state index < -0.39 is 21.7 Å². The minimum Gasteiger partial charge on any atom is -0.497 e. The number of halogens is 1. The highest BCUT2D eigenvalue weighted by molar-refractivity contribution is 7.89. The van der Waals surface area contributed by atoms with Crippen LogP contribution >= 0.6 is 0 Å². The number of hydrogen-bond donors (Lipinski definition) is 0. The molecule has 10 heteroatoms. The van der Waals surface area contributed by atoms with Gasteiger partial charge in [0.1, 0.15) is 11.6 Å². The molecule has 2 aromatic rings. The summed E-state index contributed by atoms with van der Waals surface area (Å²) >= 11 is 0. The maximum absolute atomic E-state index is 14.5. The summed E-state index contributed by atoms with van der Waals surface area (Å²) in [5.74, 6) is -0.371. The molecule has 2 aromatic carbocycles. The van der Waals surface area contributed by atoms with Crippen molar-refractivity contribution in [2.24, 2.45) is 0 Å². The number of carbonyl (C=O) groups excluding carboxylic acids is 1. The standard InChI is InChI=1S/C24H30FN3O5S/c1-32-20-4-2-19(3-5-20)8-9-26-10-12-27(13-11-26)24(29)22-18-21(6-7-23(22)25)34(30,31)28-14-16-33-17-15-28/h2-7,18H,8-17H2,1H3. The fourth-order valence-electron chi connectivity index (χ4n) is 4.19. The second-order valence-corrected chi connectivity index (χ2v) is 10.3. The number of hydrogen-bond acceptors (Lipinski definition) is 6. The molecule has 1 amide bonds. The SMILES string of the molecule is COc1ccc(CCN2CCN(C(=O)c3cc(S(=O)(=O)N4CCOCC4)ccc3F)CC2)cc1. The van der Waals surface area contributed by atoms with Crippen molar-refractivity contribution in [3.8, 4) is 5.75 Å². The van der Waals surface area contributed by atoms with Gasteiger partial charge < -0.3 is 14.4 Å². The predicted octanol–water partition coefficient (Wildman–Crippen LogP) is 1.86. The molecule has 4 rings (SSSR count). The molecule has 2 saturated heterocycles. The van der Waals surface area contributed by atoms with Gasteiger partial charge in [0.15, 0.2) is 0 Å². The first kappa shape index (κ1) is 24.6. The van der Waals surface area contributed by atoms with Crippen LogP contribution in [0.15, 0.2) is 47.4 Å². The predicted molar refractivity (Wildman–Crippen MR) is 125 cm³/mol. The van der Waals surface area contributed by atoms with E-state index in [-0.39, 0.29) is 23.5 Å². The number of nitrogens with zero attached hydrogens (tertiary/aromatic N) is 3. The lowest BCUT2D eigenvalue weighted by Gasteiger charge is -2.35. The molecule has 0 aliphatic carbocycles. The largest absolute Gasteiger partial charge is 0.497 e. The van der Waals surface area contributed by atoms with Gasteiger partial charge in [0.25, 0.3) is 5.91 Å². The van der Waals surface area contributed by atoms with Crippen LogP contribution in [0.3, 0.4) is 0 Å². The Morgan fingerprint density at radius 1 is 1.00 bits per heavy atom. The lowest BCUT2D eigenvalue weighted by molar-refractivity contribution is 0.0633. The van der Waals surface area contributed by atoms with Gasteiger partial charge in [-0.05, 0) is 42.3 Å². The molecule has 184 valence electrons. The Morgan fingerprint density at radius 2 is 1.68 bits per heavy atom. The Hall–Kier alpha value is -2.53. The average Bonchev–Trinajstić information content (AvgIpc) is 2.88. The number of amides is 1. The molecule has 0 atom stereocenters. The van der Waals surface area contributed by atoms with Crippen LogP contribution in [0.1, 0.15) is 15.9 Å². The topological polar surface area (TPSA) is 79.4 Å². The molecule has 2 aliphatic heterocycles. The van der Waals surface area contributed by atoms with Crippen LogP contribution in [-0.2, 0) is 21.2 Å². The summed E-state index contributed by atoms with van der Waals surface area (Å²) in [6.45, 7) is 4.23. The molecule has 34 heavy (non-hydrogen) atoms. The Bertz CT molecular complexity index is 1100. The second kappa shape index (κ2) is 10.8. The second-order valence-electron chi connectivity index (χ2n) is 8.39. The summed E-state index contributed by atoms with van der Waals surface area (Å²) in [6.07, 6.45) is 0.883. The first-order valence-corrected chi connectivity index (χ1v) is 12.8. The number of sulfonamides is 1. The summed E-state index contributed by atoms with van der Waals surface area (Å²) in [5.41, 5.74) is 1.00. The zero-order valence-corrected chi connectivity index (χ0v) is 20.1. The number of piperazine rings is 1. The average molecular weight is 492 g/mol. The maximum Gasteiger partial charge on any atom is 0.256 e. The van der Waals surface area contributed by atoms with Gasteiger partial charge in [-0.1, -0.05) is 12.1 Å². The molecule has 0 bridgehead atoms. The number of ether oxygens (including phenoxy) is 2. The van der Waals surface area contributed by atoms with Gasteiger partial charge in [-0.15, -0.1) is 0 Å². The van der Waals surface area contributed by atoms with Crippen molar-refractivity contribution >= 4 is 15.9 Å². The highest BCUT2D eigenvalue weighted by atomic mass is 32.2. The molecule has 0 unspecified atom stereocenters. The monoisotopic (exact) mass is 491 g/mol. The van der Waals surface area contributed by atoms with E-state index in [9.17, 15) is 17.6 Å². The zero-order chi connectivity index (χ0) is 24.1. The van der Waals surface area contributed by atoms with E-state index in [1.807, 2.05) is 24.3 Å². The maximum atomic E-state index is 14.5. The molecular formula is C24H30FN3O5S. The Kier molecular flexibility index (Phi) is 7.82. The quantitative estimate of drug-likeness (QED) is 0.588. The van der Waals surface area contributed by atoms with Crippen molar-refractivity contribution in [2.75, 3.05) is 66.1 Å². The van der Waals surface area contributed by atoms with Crippen LogP contribution in [0.4, 0.5) is 4.39 Å². The molecule has 2 heterocycles. The molecule has 8 nitrogen and oxygen atoms in total. The van der Waals surface area contributed by atoms with Crippen LogP contribution in [0, 0.1) is 5.82 Å². The van der Waals surface area contributed by atoms with E-state index in [1.165, 1.54) is 22.0 Å². The van der Waals surface area contributed by atoms with Gasteiger partial charge in [0, 0.05) is 45.8 Å². The van der Waals surface area contributed by atoms with E-state index >= 15 is 0 Å². The van der Waals surface area contributed by atoms with Gasteiger partial charge in [0.2, 0.25) is 10.0 Å². The highest BCUT2D eigenvalue weighted by Crippen LogP contribution is 2.22. The van der Waals surface area contributed by atoms with Crippen molar-refractivity contribution in [2.45, 2.75) is 11.3 Å². The number of rotatable bonds is 7. The van der Waals surface area contributed by atoms with Crippen LogP contribution in [-0.4, -0.2) is 94.6 Å². The lowest BCUT2D eigenvalue weighted by atomic mass is 10.1. The Labute approximate surface area is 199 Å². The van der Waals surface area contributed by atoms with Gasteiger partial charge in [0.05, 0.1) is 30.8 Å². The fourth-order valence-corrected chi connectivity index (χ4v) is 5.62. The van der Waals surface area contributed by atoms with Crippen LogP contribution in [0.5, 0.6) is 5.75 Å². The van der Waals surface area contributed by atoms with Crippen molar-refractivity contribution in [1.82, 2.24) is 14.1 Å². The number of carbonyl (C=O) groups is 1. The summed E-state index contributed by atoms with van der Waals surface area (Å²) in [7, 11) is -2.17. The van der Waals surface area contributed by atoms with Gasteiger partial charge in [-0.2, -0.15) is 4.31 Å². The first-order valence-electron chi connectivity index (χ1n) is 11.4. The molecule has 2 aliphatic rings. The van der Waals surface area contributed by atoms with Crippen molar-refractivity contribution < 1.29 is 27.1 Å². The van der Waals surface area contributed by atoms with Gasteiger partial charge >= 0.3 is 0 Å². The highest BCUT2D eigenvalue weighted by Gasteiger charge is 2.29. The molecular weight excluding hydrogens is 461 g/mol. The number of benzene rings is 2. The normalized spacial score (nSPS) is 18.1. The van der Waals surface area contributed by atoms with E-state index in [1.54, 1.807) is 12.0 Å². The van der Waals surface area contributed by atoms with E-state index in [2.05, 4.69) is 4.90 Å². The molecule has 2 fully saturated rings. The van der Waals surface area contributed by atoms with Gasteiger partial charge in [-0.3, -0.25) is 9.69 Å². The van der Waals surface area contributed by atoms with E-state index in [0.717, 1.165) is 24.8 Å². The third kappa shape index (κ3) is 5.57. The molecule has 0 radical (unpaired) electrons. The molecule has 0 spiro atoms. The summed E-state index contributed by atoms with van der Waals surface area (Å²) in [5, 5.41) is 0. The first-order chi connectivity index (χ1) is 16.4. The molecule has 0 N–H and O–H groups in total. The summed E-state index contributed by atoms with van der Waals surface area (Å²) < 4.78 is 52.1. The van der Waals surface area contributed by atoms with Crippen molar-refractivity contribution in [1.29, 1.82) is 0 Å². The fraction of sp³-hybridized carbons (Fsp3) is 0.458. The minimum absolute atomic E-state index is 0.0720. The van der Waals surface area contributed by atoms with Crippen molar-refractivity contribution in [3.63, 3.8) is 0 Å². The van der Waals surface area contributed by atoms with E-state index in [0.29, 0.717) is 39.4 Å². The Morgan fingerprint density at radius 3 is 2.32 bits per heavy atom. The van der Waals surface area contributed by atoms with Crippen LogP contribution in [0.25, 0.3) is 0 Å². The number of morpholine rings is 1. The third-order valence-electron chi connectivity index (χ3n) is 6.31. The molecule has 0 aromatic heterocycles. The zero-order valence-electron chi connectivity index (χ0n) is 19.3. The third-order valence-corrected chi connectivity index (χ3v) is 8.21. The Balaban J connectivity index is 1.36. The lowest BCUT2D eigenvalue weighted by Crippen LogP contribution is -2.49.